The van der Waals surface area contributed by atoms with Gasteiger partial charge in [-0.3, -0.25) is 0 Å². The first-order chi connectivity index (χ1) is 8.61. The Bertz CT molecular complexity index is 427. The fraction of sp³-hybridized carbons (Fsp3) is 0.357. The molecule has 1 rings (SSSR count). The van der Waals surface area contributed by atoms with E-state index in [0.717, 1.165) is 18.9 Å². The van der Waals surface area contributed by atoms with Gasteiger partial charge in [-0.1, -0.05) is 13.3 Å². The third-order valence-electron chi connectivity index (χ3n) is 2.31. The van der Waals surface area contributed by atoms with Crippen LogP contribution in [-0.4, -0.2) is 17.7 Å². The van der Waals surface area contributed by atoms with E-state index in [4.69, 9.17) is 9.84 Å². The van der Waals surface area contributed by atoms with E-state index in [1.165, 1.54) is 18.2 Å². The predicted octanol–water partition coefficient (Wildman–Crippen LogP) is 3.24. The number of ether oxygens (including phenoxy) is 1. The van der Waals surface area contributed by atoms with Gasteiger partial charge < -0.3 is 9.84 Å². The van der Waals surface area contributed by atoms with Crippen molar-refractivity contribution in [1.29, 1.82) is 0 Å². The van der Waals surface area contributed by atoms with Crippen LogP contribution < -0.4 is 0 Å². The fourth-order valence-electron chi connectivity index (χ4n) is 1.46. The number of hydrogen-bond donors (Lipinski definition) is 1. The lowest BCUT2D eigenvalue weighted by atomic mass is 10.1. The van der Waals surface area contributed by atoms with E-state index < -0.39 is 11.8 Å². The zero-order chi connectivity index (χ0) is 13.4. The second-order valence-electron chi connectivity index (χ2n) is 3.97. The molecule has 98 valence electrons. The Morgan fingerprint density at radius 2 is 2.22 bits per heavy atom. The van der Waals surface area contributed by atoms with Crippen molar-refractivity contribution in [1.82, 2.24) is 0 Å². The smallest absolute Gasteiger partial charge is 0.328 e. The molecule has 0 amide bonds. The maximum atomic E-state index is 13.3. The summed E-state index contributed by atoms with van der Waals surface area (Å²) < 4.78 is 18.7. The minimum atomic E-state index is -1.06. The van der Waals surface area contributed by atoms with Gasteiger partial charge in [-0.15, -0.1) is 0 Å². The van der Waals surface area contributed by atoms with E-state index >= 15 is 0 Å². The van der Waals surface area contributed by atoms with Gasteiger partial charge in [0.25, 0.3) is 0 Å². The number of carboxylic acid groups (broad SMARTS) is 1. The van der Waals surface area contributed by atoms with Gasteiger partial charge in [0.05, 0.1) is 6.61 Å². The largest absolute Gasteiger partial charge is 0.478 e. The molecule has 0 aliphatic heterocycles. The Morgan fingerprint density at radius 1 is 1.44 bits per heavy atom. The lowest BCUT2D eigenvalue weighted by Gasteiger charge is -2.05. The van der Waals surface area contributed by atoms with E-state index in [0.29, 0.717) is 24.3 Å². The molecule has 1 aromatic carbocycles. The molecule has 0 heterocycles. The van der Waals surface area contributed by atoms with Crippen molar-refractivity contribution in [2.75, 3.05) is 6.61 Å². The first-order valence-electron chi connectivity index (χ1n) is 5.90. The number of carbonyl (C=O) groups is 1. The Hall–Kier alpha value is -1.68. The molecule has 0 saturated carbocycles. The van der Waals surface area contributed by atoms with Crippen molar-refractivity contribution < 1.29 is 19.0 Å². The molecule has 0 aliphatic carbocycles. The van der Waals surface area contributed by atoms with Crippen LogP contribution in [0.2, 0.25) is 0 Å². The molecule has 0 radical (unpaired) electrons. The number of hydrogen-bond acceptors (Lipinski definition) is 2. The molecule has 0 spiro atoms. The van der Waals surface area contributed by atoms with Gasteiger partial charge in [0, 0.05) is 12.7 Å². The van der Waals surface area contributed by atoms with E-state index in [-0.39, 0.29) is 0 Å². The van der Waals surface area contributed by atoms with Crippen LogP contribution in [0.4, 0.5) is 4.39 Å². The van der Waals surface area contributed by atoms with Gasteiger partial charge in [0.2, 0.25) is 0 Å². The average Bonchev–Trinajstić information content (AvgIpc) is 2.32. The van der Waals surface area contributed by atoms with E-state index in [9.17, 15) is 9.18 Å². The van der Waals surface area contributed by atoms with Crippen LogP contribution in [0.3, 0.4) is 0 Å². The number of benzene rings is 1. The van der Waals surface area contributed by atoms with Crippen molar-refractivity contribution in [3.05, 3.63) is 41.2 Å². The second kappa shape index (κ2) is 7.61. The topological polar surface area (TPSA) is 46.5 Å². The molecule has 18 heavy (non-hydrogen) atoms. The third-order valence-corrected chi connectivity index (χ3v) is 2.31. The van der Waals surface area contributed by atoms with Crippen LogP contribution in [0, 0.1) is 5.82 Å². The van der Waals surface area contributed by atoms with Crippen molar-refractivity contribution in [2.45, 2.75) is 26.4 Å². The fourth-order valence-corrected chi connectivity index (χ4v) is 1.46. The monoisotopic (exact) mass is 252 g/mol. The normalized spacial score (nSPS) is 11.0. The molecule has 0 aromatic heterocycles. The van der Waals surface area contributed by atoms with Crippen LogP contribution in [0.5, 0.6) is 0 Å². The summed E-state index contributed by atoms with van der Waals surface area (Å²) in [6, 6.07) is 4.40. The van der Waals surface area contributed by atoms with Gasteiger partial charge in [-0.05, 0) is 41.8 Å². The quantitative estimate of drug-likeness (QED) is 0.598. The number of halogens is 1. The highest BCUT2D eigenvalue weighted by molar-refractivity contribution is 5.85. The van der Waals surface area contributed by atoms with Gasteiger partial charge >= 0.3 is 5.97 Å². The first kappa shape index (κ1) is 14.4. The Balaban J connectivity index is 2.65. The number of unbranched alkanes of at least 4 members (excludes halogenated alkanes) is 1. The van der Waals surface area contributed by atoms with Crippen LogP contribution in [0.15, 0.2) is 24.3 Å². The summed E-state index contributed by atoms with van der Waals surface area (Å²) >= 11 is 0. The van der Waals surface area contributed by atoms with Crippen LogP contribution >= 0.6 is 0 Å². The molecular formula is C14H17FO3. The predicted molar refractivity (Wildman–Crippen MR) is 67.6 cm³/mol. The van der Waals surface area contributed by atoms with Gasteiger partial charge in [-0.25, -0.2) is 9.18 Å². The highest BCUT2D eigenvalue weighted by atomic mass is 19.1. The third kappa shape index (κ3) is 5.59. The summed E-state index contributed by atoms with van der Waals surface area (Å²) in [7, 11) is 0. The number of carboxylic acids is 1. The Labute approximate surface area is 106 Å². The van der Waals surface area contributed by atoms with Crippen LogP contribution in [0.25, 0.3) is 6.08 Å². The van der Waals surface area contributed by atoms with Gasteiger partial charge in [0.15, 0.2) is 0 Å². The second-order valence-corrected chi connectivity index (χ2v) is 3.97. The van der Waals surface area contributed by atoms with E-state index in [1.807, 2.05) is 0 Å². The first-order valence-corrected chi connectivity index (χ1v) is 5.90. The van der Waals surface area contributed by atoms with Crippen molar-refractivity contribution >= 4 is 12.0 Å². The molecular weight excluding hydrogens is 235 g/mol. The van der Waals surface area contributed by atoms with Crippen LogP contribution in [-0.2, 0) is 16.1 Å². The number of aliphatic carboxylic acids is 1. The Morgan fingerprint density at radius 3 is 2.89 bits per heavy atom. The molecule has 1 N–H and O–H groups in total. The summed E-state index contributed by atoms with van der Waals surface area (Å²) in [5.74, 6) is -1.45. The summed E-state index contributed by atoms with van der Waals surface area (Å²) in [5, 5.41) is 8.51. The van der Waals surface area contributed by atoms with Gasteiger partial charge in [0.1, 0.15) is 5.82 Å². The van der Waals surface area contributed by atoms with Crippen molar-refractivity contribution in [2.24, 2.45) is 0 Å². The summed E-state index contributed by atoms with van der Waals surface area (Å²) in [6.45, 7) is 3.05. The number of rotatable bonds is 7. The zero-order valence-electron chi connectivity index (χ0n) is 10.4. The van der Waals surface area contributed by atoms with E-state index in [2.05, 4.69) is 6.92 Å². The zero-order valence-corrected chi connectivity index (χ0v) is 10.4. The summed E-state index contributed by atoms with van der Waals surface area (Å²) in [6.07, 6.45) is 4.37. The molecule has 0 bridgehead atoms. The van der Waals surface area contributed by atoms with Crippen LogP contribution in [0.1, 0.15) is 30.9 Å². The average molecular weight is 252 g/mol. The Kier molecular flexibility index (Phi) is 6.08. The van der Waals surface area contributed by atoms with E-state index in [1.54, 1.807) is 6.07 Å². The molecule has 0 aliphatic rings. The minimum absolute atomic E-state index is 0.339. The maximum Gasteiger partial charge on any atom is 0.328 e. The molecule has 0 unspecified atom stereocenters. The lowest BCUT2D eigenvalue weighted by molar-refractivity contribution is -0.131. The van der Waals surface area contributed by atoms with Gasteiger partial charge in [-0.2, -0.15) is 0 Å². The lowest BCUT2D eigenvalue weighted by Crippen LogP contribution is -1.96. The summed E-state index contributed by atoms with van der Waals surface area (Å²) in [4.78, 5) is 10.4. The molecule has 0 saturated heterocycles. The molecule has 0 atom stereocenters. The van der Waals surface area contributed by atoms with Crippen molar-refractivity contribution in [3.63, 3.8) is 0 Å². The SMILES string of the molecule is CCCCOCc1cc(F)cc(C=CC(=O)O)c1. The maximum absolute atomic E-state index is 13.3. The standard InChI is InChI=1S/C14H17FO3/c1-2-3-6-18-10-12-7-11(4-5-14(16)17)8-13(15)9-12/h4-5,7-9H,2-3,6,10H2,1H3,(H,16,17). The summed E-state index contributed by atoms with van der Waals surface area (Å²) in [5.41, 5.74) is 1.22. The molecule has 3 nitrogen and oxygen atoms in total. The highest BCUT2D eigenvalue weighted by Gasteiger charge is 2.00. The minimum Gasteiger partial charge on any atom is -0.478 e. The highest BCUT2D eigenvalue weighted by Crippen LogP contribution is 2.12. The molecule has 0 fully saturated rings. The molecule has 4 heteroatoms. The molecule has 1 aromatic rings. The van der Waals surface area contributed by atoms with Crippen molar-refractivity contribution in [3.8, 4) is 0 Å².